The van der Waals surface area contributed by atoms with Gasteiger partial charge in [0.05, 0.1) is 0 Å². The third-order valence-corrected chi connectivity index (χ3v) is 6.88. The van der Waals surface area contributed by atoms with Crippen LogP contribution in [-0.2, 0) is 0 Å². The van der Waals surface area contributed by atoms with Crippen LogP contribution in [0.1, 0.15) is 57.8 Å². The van der Waals surface area contributed by atoms with E-state index in [0.29, 0.717) is 0 Å². The van der Waals surface area contributed by atoms with E-state index < -0.39 is 0 Å². The van der Waals surface area contributed by atoms with Gasteiger partial charge in [0.15, 0.2) is 0 Å². The Morgan fingerprint density at radius 3 is 2.25 bits per heavy atom. The smallest absolute Gasteiger partial charge is 0.0195 e. The molecule has 0 aromatic heterocycles. The molecule has 0 aromatic rings. The summed E-state index contributed by atoms with van der Waals surface area (Å²) in [6.07, 6.45) is 13.7. The minimum absolute atomic E-state index is 0.770. The van der Waals surface area contributed by atoms with Crippen molar-refractivity contribution in [1.82, 2.24) is 10.2 Å². The van der Waals surface area contributed by atoms with Crippen LogP contribution >= 0.6 is 0 Å². The molecule has 4 aliphatic carbocycles. The quantitative estimate of drug-likeness (QED) is 0.829. The third kappa shape index (κ3) is 2.66. The summed E-state index contributed by atoms with van der Waals surface area (Å²) in [4.78, 5) is 2.61. The molecule has 0 radical (unpaired) electrons. The van der Waals surface area contributed by atoms with Crippen molar-refractivity contribution in [3.63, 3.8) is 0 Å². The first-order valence-corrected chi connectivity index (χ1v) is 9.13. The molecular formula is C18H32N2. The maximum absolute atomic E-state index is 3.64. The molecule has 1 saturated heterocycles. The van der Waals surface area contributed by atoms with Crippen molar-refractivity contribution in [2.75, 3.05) is 26.7 Å². The molecule has 1 atom stereocenters. The van der Waals surface area contributed by atoms with Crippen LogP contribution in [0.25, 0.3) is 0 Å². The highest BCUT2D eigenvalue weighted by Crippen LogP contribution is 2.61. The summed E-state index contributed by atoms with van der Waals surface area (Å²) in [5.41, 5.74) is 0.770. The number of rotatable bonds is 5. The van der Waals surface area contributed by atoms with E-state index >= 15 is 0 Å². The second-order valence-corrected chi connectivity index (χ2v) is 8.72. The van der Waals surface area contributed by atoms with Crippen molar-refractivity contribution < 1.29 is 0 Å². The van der Waals surface area contributed by atoms with Crippen LogP contribution in [0, 0.1) is 23.2 Å². The van der Waals surface area contributed by atoms with Gasteiger partial charge in [-0.2, -0.15) is 0 Å². The molecule has 4 saturated carbocycles. The molecule has 5 aliphatic rings. The molecule has 0 amide bonds. The zero-order valence-corrected chi connectivity index (χ0v) is 13.2. The van der Waals surface area contributed by atoms with Crippen LogP contribution < -0.4 is 5.32 Å². The lowest BCUT2D eigenvalue weighted by molar-refractivity contribution is -0.0603. The normalized spacial score (nSPS) is 46.5. The Bertz CT molecular complexity index is 310. The fraction of sp³-hybridized carbons (Fsp3) is 1.00. The van der Waals surface area contributed by atoms with Gasteiger partial charge in [0.25, 0.3) is 0 Å². The molecule has 0 spiro atoms. The third-order valence-electron chi connectivity index (χ3n) is 6.88. The fourth-order valence-electron chi connectivity index (χ4n) is 6.40. The molecule has 1 heterocycles. The minimum Gasteiger partial charge on any atom is -0.313 e. The van der Waals surface area contributed by atoms with Crippen molar-refractivity contribution in [3.8, 4) is 0 Å². The zero-order valence-electron chi connectivity index (χ0n) is 13.2. The molecule has 2 heteroatoms. The lowest BCUT2D eigenvalue weighted by Gasteiger charge is -2.57. The van der Waals surface area contributed by atoms with Crippen LogP contribution in [0.3, 0.4) is 0 Å². The maximum Gasteiger partial charge on any atom is 0.0195 e. The van der Waals surface area contributed by atoms with Crippen molar-refractivity contribution in [2.45, 2.75) is 63.8 Å². The molecule has 1 aliphatic heterocycles. The molecule has 114 valence electrons. The molecule has 1 unspecified atom stereocenters. The van der Waals surface area contributed by atoms with Crippen LogP contribution in [-0.4, -0.2) is 37.6 Å². The first-order valence-electron chi connectivity index (χ1n) is 9.13. The summed E-state index contributed by atoms with van der Waals surface area (Å²) in [5, 5.41) is 3.64. The van der Waals surface area contributed by atoms with Gasteiger partial charge in [-0.05, 0) is 101 Å². The summed E-state index contributed by atoms with van der Waals surface area (Å²) in [7, 11) is 2.35. The van der Waals surface area contributed by atoms with Crippen LogP contribution in [0.15, 0.2) is 0 Å². The summed E-state index contributed by atoms with van der Waals surface area (Å²) < 4.78 is 0. The van der Waals surface area contributed by atoms with E-state index in [1.54, 1.807) is 38.5 Å². The zero-order chi connectivity index (χ0) is 13.6. The molecule has 0 aromatic carbocycles. The summed E-state index contributed by atoms with van der Waals surface area (Å²) in [6.45, 7) is 3.85. The highest BCUT2D eigenvalue weighted by Gasteiger charge is 2.50. The fourth-order valence-corrected chi connectivity index (χ4v) is 6.40. The Morgan fingerprint density at radius 1 is 1.05 bits per heavy atom. The van der Waals surface area contributed by atoms with E-state index in [1.807, 2.05) is 0 Å². The van der Waals surface area contributed by atoms with Crippen molar-refractivity contribution in [1.29, 1.82) is 0 Å². The van der Waals surface area contributed by atoms with Gasteiger partial charge in [0, 0.05) is 12.6 Å². The molecule has 5 fully saturated rings. The molecule has 2 nitrogen and oxygen atoms in total. The topological polar surface area (TPSA) is 15.3 Å². The maximum atomic E-state index is 3.64. The van der Waals surface area contributed by atoms with Gasteiger partial charge in [-0.3, -0.25) is 0 Å². The SMILES string of the molecule is CN(CCC12CC3CC(CC(C3)C1)C2)CC1CCCN1. The van der Waals surface area contributed by atoms with Crippen LogP contribution in [0.2, 0.25) is 0 Å². The van der Waals surface area contributed by atoms with E-state index in [2.05, 4.69) is 17.3 Å². The van der Waals surface area contributed by atoms with Gasteiger partial charge < -0.3 is 10.2 Å². The van der Waals surface area contributed by atoms with Crippen LogP contribution in [0.5, 0.6) is 0 Å². The van der Waals surface area contributed by atoms with E-state index in [4.69, 9.17) is 0 Å². The Hall–Kier alpha value is -0.0800. The predicted molar refractivity (Wildman–Crippen MR) is 83.7 cm³/mol. The van der Waals surface area contributed by atoms with Crippen molar-refractivity contribution >= 4 is 0 Å². The number of hydrogen-bond acceptors (Lipinski definition) is 2. The van der Waals surface area contributed by atoms with Gasteiger partial charge in [0.2, 0.25) is 0 Å². The Balaban J connectivity index is 1.30. The van der Waals surface area contributed by atoms with Gasteiger partial charge in [-0.25, -0.2) is 0 Å². The van der Waals surface area contributed by atoms with Gasteiger partial charge in [0.1, 0.15) is 0 Å². The van der Waals surface area contributed by atoms with E-state index in [-0.39, 0.29) is 0 Å². The minimum atomic E-state index is 0.770. The first kappa shape index (κ1) is 13.6. The number of hydrogen-bond donors (Lipinski definition) is 1. The number of nitrogens with one attached hydrogen (secondary N) is 1. The largest absolute Gasteiger partial charge is 0.313 e. The highest BCUT2D eigenvalue weighted by atomic mass is 15.1. The average Bonchev–Trinajstić information content (AvgIpc) is 2.88. The Morgan fingerprint density at radius 2 is 1.70 bits per heavy atom. The van der Waals surface area contributed by atoms with E-state index in [1.165, 1.54) is 38.9 Å². The lowest BCUT2D eigenvalue weighted by atomic mass is 9.49. The molecular weight excluding hydrogens is 244 g/mol. The van der Waals surface area contributed by atoms with Crippen LogP contribution in [0.4, 0.5) is 0 Å². The predicted octanol–water partition coefficient (Wildman–Crippen LogP) is 3.28. The van der Waals surface area contributed by atoms with E-state index in [0.717, 1.165) is 29.2 Å². The first-order chi connectivity index (χ1) is 9.71. The monoisotopic (exact) mass is 276 g/mol. The average molecular weight is 276 g/mol. The van der Waals surface area contributed by atoms with E-state index in [9.17, 15) is 0 Å². The molecule has 5 rings (SSSR count). The Kier molecular flexibility index (Phi) is 3.58. The van der Waals surface area contributed by atoms with Gasteiger partial charge >= 0.3 is 0 Å². The second kappa shape index (κ2) is 5.28. The molecule has 4 bridgehead atoms. The number of likely N-dealkylation sites (N-methyl/N-ethyl adjacent to an activating group) is 1. The standard InChI is InChI=1S/C18H32N2/c1-20(13-17-3-2-5-19-17)6-4-18-10-14-7-15(11-18)9-16(8-14)12-18/h14-17,19H,2-13H2,1H3. The Labute approximate surface area is 124 Å². The summed E-state index contributed by atoms with van der Waals surface area (Å²) in [5.74, 6) is 3.34. The summed E-state index contributed by atoms with van der Waals surface area (Å²) >= 11 is 0. The molecule has 1 N–H and O–H groups in total. The summed E-state index contributed by atoms with van der Waals surface area (Å²) in [6, 6.07) is 0.774. The number of nitrogens with zero attached hydrogens (tertiary/aromatic N) is 1. The van der Waals surface area contributed by atoms with Gasteiger partial charge in [-0.1, -0.05) is 0 Å². The second-order valence-electron chi connectivity index (χ2n) is 8.72. The molecule has 20 heavy (non-hydrogen) atoms. The highest BCUT2D eigenvalue weighted by molar-refractivity contribution is 5.01. The van der Waals surface area contributed by atoms with Gasteiger partial charge in [-0.15, -0.1) is 0 Å². The van der Waals surface area contributed by atoms with Crippen molar-refractivity contribution in [2.24, 2.45) is 23.2 Å². The lowest BCUT2D eigenvalue weighted by Crippen LogP contribution is -2.47. The van der Waals surface area contributed by atoms with Crippen molar-refractivity contribution in [3.05, 3.63) is 0 Å².